The highest BCUT2D eigenvalue weighted by atomic mass is 16.5. The summed E-state index contributed by atoms with van der Waals surface area (Å²) in [6.45, 7) is 8.54. The molecule has 3 aromatic rings. The molecule has 0 bridgehead atoms. The molecule has 1 fully saturated rings. The molecule has 0 atom stereocenters. The highest BCUT2D eigenvalue weighted by Crippen LogP contribution is 2.24. The molecule has 0 radical (unpaired) electrons. The molecule has 1 aliphatic heterocycles. The molecule has 5 heteroatoms. The van der Waals surface area contributed by atoms with Gasteiger partial charge in [0.05, 0.1) is 18.9 Å². The van der Waals surface area contributed by atoms with E-state index >= 15 is 0 Å². The Morgan fingerprint density at radius 1 is 1.00 bits per heavy atom. The molecule has 0 unspecified atom stereocenters. The predicted molar refractivity (Wildman–Crippen MR) is 106 cm³/mol. The predicted octanol–water partition coefficient (Wildman–Crippen LogP) is 3.65. The van der Waals surface area contributed by atoms with Crippen LogP contribution in [0.25, 0.3) is 22.6 Å². The molecule has 4 rings (SSSR count). The van der Waals surface area contributed by atoms with Gasteiger partial charge in [-0.2, -0.15) is 0 Å². The summed E-state index contributed by atoms with van der Waals surface area (Å²) in [4.78, 5) is 16.3. The van der Waals surface area contributed by atoms with Crippen molar-refractivity contribution in [3.8, 4) is 22.6 Å². The highest BCUT2D eigenvalue weighted by Gasteiger charge is 2.12. The maximum atomic E-state index is 5.44. The lowest BCUT2D eigenvalue weighted by molar-refractivity contribution is 0.0342. The van der Waals surface area contributed by atoms with Crippen LogP contribution < -0.4 is 0 Å². The fraction of sp³-hybridized carbons (Fsp3) is 0.318. The normalized spacial score (nSPS) is 15.0. The van der Waals surface area contributed by atoms with E-state index in [2.05, 4.69) is 45.2 Å². The zero-order valence-electron chi connectivity index (χ0n) is 15.9. The van der Waals surface area contributed by atoms with E-state index in [1.54, 1.807) is 0 Å². The third kappa shape index (κ3) is 4.21. The SMILES string of the molecule is Cc1ccc(-c2ccnc(-c3cccc(CN4CCOCC4)c3)n2)c(C)n1. The van der Waals surface area contributed by atoms with Gasteiger partial charge < -0.3 is 4.74 Å². The monoisotopic (exact) mass is 360 g/mol. The molecule has 0 amide bonds. The van der Waals surface area contributed by atoms with Crippen molar-refractivity contribution in [1.82, 2.24) is 19.9 Å². The van der Waals surface area contributed by atoms with Gasteiger partial charge in [-0.1, -0.05) is 18.2 Å². The van der Waals surface area contributed by atoms with Crippen LogP contribution in [0.3, 0.4) is 0 Å². The molecule has 0 spiro atoms. The van der Waals surface area contributed by atoms with E-state index < -0.39 is 0 Å². The molecule has 0 saturated carbocycles. The maximum Gasteiger partial charge on any atom is 0.159 e. The van der Waals surface area contributed by atoms with Crippen molar-refractivity contribution < 1.29 is 4.74 Å². The largest absolute Gasteiger partial charge is 0.379 e. The Hall–Kier alpha value is -2.63. The summed E-state index contributed by atoms with van der Waals surface area (Å²) < 4.78 is 5.44. The second-order valence-electron chi connectivity index (χ2n) is 6.94. The molecule has 0 N–H and O–H groups in total. The van der Waals surface area contributed by atoms with Crippen molar-refractivity contribution >= 4 is 0 Å². The summed E-state index contributed by atoms with van der Waals surface area (Å²) in [5.41, 5.74) is 6.27. The van der Waals surface area contributed by atoms with Gasteiger partial charge in [0.25, 0.3) is 0 Å². The summed E-state index contributed by atoms with van der Waals surface area (Å²) in [6, 6.07) is 14.6. The first kappa shape index (κ1) is 17.8. The zero-order chi connectivity index (χ0) is 18.6. The Morgan fingerprint density at radius 3 is 2.67 bits per heavy atom. The fourth-order valence-electron chi connectivity index (χ4n) is 3.43. The third-order valence-electron chi connectivity index (χ3n) is 4.85. The van der Waals surface area contributed by atoms with Crippen molar-refractivity contribution in [1.29, 1.82) is 0 Å². The molecular weight excluding hydrogens is 336 g/mol. The van der Waals surface area contributed by atoms with E-state index in [-0.39, 0.29) is 0 Å². The van der Waals surface area contributed by atoms with Gasteiger partial charge in [-0.25, -0.2) is 9.97 Å². The van der Waals surface area contributed by atoms with Crippen LogP contribution in [0.4, 0.5) is 0 Å². The summed E-state index contributed by atoms with van der Waals surface area (Å²) in [7, 11) is 0. The summed E-state index contributed by atoms with van der Waals surface area (Å²) in [6.07, 6.45) is 1.83. The number of hydrogen-bond acceptors (Lipinski definition) is 5. The van der Waals surface area contributed by atoms with Crippen molar-refractivity contribution in [2.75, 3.05) is 26.3 Å². The standard InChI is InChI=1S/C22H24N4O/c1-16-6-7-20(17(2)24-16)21-8-9-23-22(25-21)19-5-3-4-18(14-19)15-26-10-12-27-13-11-26/h3-9,14H,10-13,15H2,1-2H3. The first-order chi connectivity index (χ1) is 13.2. The quantitative estimate of drug-likeness (QED) is 0.711. The van der Waals surface area contributed by atoms with E-state index in [4.69, 9.17) is 9.72 Å². The number of ether oxygens (including phenoxy) is 1. The van der Waals surface area contributed by atoms with Crippen molar-refractivity contribution in [2.24, 2.45) is 0 Å². The number of nitrogens with zero attached hydrogens (tertiary/aromatic N) is 4. The molecule has 5 nitrogen and oxygen atoms in total. The molecule has 1 aromatic carbocycles. The van der Waals surface area contributed by atoms with Crippen molar-refractivity contribution in [3.05, 3.63) is 65.6 Å². The highest BCUT2D eigenvalue weighted by molar-refractivity contribution is 5.65. The van der Waals surface area contributed by atoms with E-state index in [0.717, 1.165) is 66.9 Å². The minimum atomic E-state index is 0.747. The van der Waals surface area contributed by atoms with Crippen LogP contribution in [0.1, 0.15) is 17.0 Å². The number of benzene rings is 1. The number of pyridine rings is 1. The first-order valence-electron chi connectivity index (χ1n) is 9.36. The average Bonchev–Trinajstić information content (AvgIpc) is 2.69. The second kappa shape index (κ2) is 7.94. The van der Waals surface area contributed by atoms with Gasteiger partial charge in [-0.3, -0.25) is 9.88 Å². The van der Waals surface area contributed by atoms with Gasteiger partial charge >= 0.3 is 0 Å². The number of rotatable bonds is 4. The minimum absolute atomic E-state index is 0.747. The van der Waals surface area contributed by atoms with E-state index in [0.29, 0.717) is 0 Å². The Labute approximate surface area is 160 Å². The van der Waals surface area contributed by atoms with E-state index in [1.165, 1.54) is 5.56 Å². The van der Waals surface area contributed by atoms with Crippen LogP contribution in [0.15, 0.2) is 48.7 Å². The maximum absolute atomic E-state index is 5.44. The second-order valence-corrected chi connectivity index (χ2v) is 6.94. The van der Waals surface area contributed by atoms with E-state index in [1.807, 2.05) is 32.2 Å². The molecular formula is C22H24N4O. The van der Waals surface area contributed by atoms with Gasteiger partial charge in [-0.05, 0) is 43.7 Å². The molecule has 1 aliphatic rings. The number of aryl methyl sites for hydroxylation is 2. The van der Waals surface area contributed by atoms with Crippen LogP contribution in [-0.2, 0) is 11.3 Å². The Bertz CT molecular complexity index is 935. The molecule has 138 valence electrons. The van der Waals surface area contributed by atoms with Gasteiger partial charge in [-0.15, -0.1) is 0 Å². The molecule has 2 aromatic heterocycles. The van der Waals surface area contributed by atoms with Gasteiger partial charge in [0.1, 0.15) is 0 Å². The Balaban J connectivity index is 1.61. The topological polar surface area (TPSA) is 51.1 Å². The first-order valence-corrected chi connectivity index (χ1v) is 9.36. The lowest BCUT2D eigenvalue weighted by Gasteiger charge is -2.26. The van der Waals surface area contributed by atoms with Crippen LogP contribution in [-0.4, -0.2) is 46.2 Å². The van der Waals surface area contributed by atoms with Crippen molar-refractivity contribution in [3.63, 3.8) is 0 Å². The summed E-state index contributed by atoms with van der Waals surface area (Å²) in [5, 5.41) is 0. The lowest BCUT2D eigenvalue weighted by atomic mass is 10.1. The number of hydrogen-bond donors (Lipinski definition) is 0. The zero-order valence-corrected chi connectivity index (χ0v) is 15.9. The smallest absolute Gasteiger partial charge is 0.159 e. The molecule has 27 heavy (non-hydrogen) atoms. The van der Waals surface area contributed by atoms with Crippen LogP contribution in [0, 0.1) is 13.8 Å². The van der Waals surface area contributed by atoms with Gasteiger partial charge in [0.15, 0.2) is 5.82 Å². The summed E-state index contributed by atoms with van der Waals surface area (Å²) in [5.74, 6) is 0.747. The van der Waals surface area contributed by atoms with Gasteiger partial charge in [0, 0.05) is 48.3 Å². The van der Waals surface area contributed by atoms with Crippen LogP contribution in [0.2, 0.25) is 0 Å². The van der Waals surface area contributed by atoms with Crippen LogP contribution >= 0.6 is 0 Å². The molecule has 1 saturated heterocycles. The fourth-order valence-corrected chi connectivity index (χ4v) is 3.43. The number of aromatic nitrogens is 3. The van der Waals surface area contributed by atoms with Crippen molar-refractivity contribution in [2.45, 2.75) is 20.4 Å². The number of morpholine rings is 1. The third-order valence-corrected chi connectivity index (χ3v) is 4.85. The average molecular weight is 360 g/mol. The van der Waals surface area contributed by atoms with E-state index in [9.17, 15) is 0 Å². The Kier molecular flexibility index (Phi) is 5.23. The molecule has 0 aliphatic carbocycles. The van der Waals surface area contributed by atoms with Crippen LogP contribution in [0.5, 0.6) is 0 Å². The lowest BCUT2D eigenvalue weighted by Crippen LogP contribution is -2.35. The van der Waals surface area contributed by atoms with Gasteiger partial charge in [0.2, 0.25) is 0 Å². The minimum Gasteiger partial charge on any atom is -0.379 e. The summed E-state index contributed by atoms with van der Waals surface area (Å²) >= 11 is 0. The Morgan fingerprint density at radius 2 is 1.85 bits per heavy atom. The molecule has 3 heterocycles.